The second-order valence-corrected chi connectivity index (χ2v) is 4.55. The highest BCUT2D eigenvalue weighted by Gasteiger charge is 2.29. The van der Waals surface area contributed by atoms with Crippen molar-refractivity contribution in [2.24, 2.45) is 10.2 Å². The Labute approximate surface area is 106 Å². The van der Waals surface area contributed by atoms with Crippen molar-refractivity contribution in [3.8, 4) is 0 Å². The molecule has 0 saturated carbocycles. The van der Waals surface area contributed by atoms with Gasteiger partial charge in [0.1, 0.15) is 11.0 Å². The molecule has 1 amide bonds. The number of furan rings is 1. The molecular weight excluding hydrogens is 258 g/mol. The SMILES string of the molecule is O=C1CC(C(=O)O)S/C(=N/N=C/c2ccco2)N1. The number of amidine groups is 1. The van der Waals surface area contributed by atoms with Crippen LogP contribution in [0.3, 0.4) is 0 Å². The molecule has 0 radical (unpaired) electrons. The van der Waals surface area contributed by atoms with Gasteiger partial charge in [0, 0.05) is 6.42 Å². The van der Waals surface area contributed by atoms with Gasteiger partial charge >= 0.3 is 5.97 Å². The molecule has 1 fully saturated rings. The van der Waals surface area contributed by atoms with Crippen molar-refractivity contribution >= 4 is 35.0 Å². The first-order chi connectivity index (χ1) is 8.65. The van der Waals surface area contributed by atoms with Gasteiger partial charge in [0.2, 0.25) is 5.91 Å². The molecule has 1 aromatic heterocycles. The van der Waals surface area contributed by atoms with Crippen molar-refractivity contribution in [1.82, 2.24) is 5.32 Å². The van der Waals surface area contributed by atoms with Gasteiger partial charge in [-0.05, 0) is 12.1 Å². The predicted molar refractivity (Wildman–Crippen MR) is 65.5 cm³/mol. The fraction of sp³-hybridized carbons (Fsp3) is 0.200. The highest BCUT2D eigenvalue weighted by atomic mass is 32.2. The summed E-state index contributed by atoms with van der Waals surface area (Å²) < 4.78 is 5.00. The zero-order valence-corrected chi connectivity index (χ0v) is 9.88. The lowest BCUT2D eigenvalue weighted by Crippen LogP contribution is -2.40. The largest absolute Gasteiger partial charge is 0.480 e. The van der Waals surface area contributed by atoms with Gasteiger partial charge in [-0.2, -0.15) is 5.10 Å². The molecule has 1 unspecified atom stereocenters. The van der Waals surface area contributed by atoms with Crippen LogP contribution in [0.4, 0.5) is 0 Å². The standard InChI is InChI=1S/C10H9N3O4S/c14-8-4-7(9(15)16)18-10(12-8)13-11-5-6-2-1-3-17-6/h1-3,5,7H,4H2,(H,15,16)(H,12,13,14)/b11-5+. The Balaban J connectivity index is 2.03. The first-order valence-corrected chi connectivity index (χ1v) is 5.87. The van der Waals surface area contributed by atoms with Crippen molar-refractivity contribution in [3.63, 3.8) is 0 Å². The van der Waals surface area contributed by atoms with Crippen molar-refractivity contribution in [1.29, 1.82) is 0 Å². The highest BCUT2D eigenvalue weighted by Crippen LogP contribution is 2.20. The van der Waals surface area contributed by atoms with E-state index in [1.807, 2.05) is 0 Å². The highest BCUT2D eigenvalue weighted by molar-refractivity contribution is 8.15. The number of carboxylic acid groups (broad SMARTS) is 1. The normalized spacial score (nSPS) is 22.3. The van der Waals surface area contributed by atoms with Crippen LogP contribution in [0.5, 0.6) is 0 Å². The lowest BCUT2D eigenvalue weighted by atomic mass is 10.3. The number of carbonyl (C=O) groups excluding carboxylic acids is 1. The Bertz CT molecular complexity index is 509. The zero-order valence-electron chi connectivity index (χ0n) is 9.07. The summed E-state index contributed by atoms with van der Waals surface area (Å²) in [6, 6.07) is 3.39. The van der Waals surface area contributed by atoms with E-state index in [-0.39, 0.29) is 17.5 Å². The van der Waals surface area contributed by atoms with Crippen molar-refractivity contribution in [2.75, 3.05) is 0 Å². The fourth-order valence-corrected chi connectivity index (χ4v) is 2.11. The van der Waals surface area contributed by atoms with E-state index in [1.165, 1.54) is 12.5 Å². The van der Waals surface area contributed by atoms with Crippen molar-refractivity contribution in [2.45, 2.75) is 11.7 Å². The molecule has 1 aliphatic heterocycles. The summed E-state index contributed by atoms with van der Waals surface area (Å²) in [5.41, 5.74) is 0. The lowest BCUT2D eigenvalue weighted by Gasteiger charge is -2.18. The van der Waals surface area contributed by atoms with Crippen LogP contribution in [0.2, 0.25) is 0 Å². The Morgan fingerprint density at radius 2 is 2.50 bits per heavy atom. The van der Waals surface area contributed by atoms with Crippen LogP contribution in [0, 0.1) is 0 Å². The zero-order chi connectivity index (χ0) is 13.0. The van der Waals surface area contributed by atoms with Crippen LogP contribution in [-0.2, 0) is 9.59 Å². The first kappa shape index (κ1) is 12.4. The lowest BCUT2D eigenvalue weighted by molar-refractivity contribution is -0.138. The molecular formula is C10H9N3O4S. The summed E-state index contributed by atoms with van der Waals surface area (Å²) >= 11 is 0.955. The first-order valence-electron chi connectivity index (χ1n) is 4.99. The molecule has 2 heterocycles. The predicted octanol–water partition coefficient (Wildman–Crippen LogP) is 0.676. The van der Waals surface area contributed by atoms with Crippen molar-refractivity contribution < 1.29 is 19.1 Å². The smallest absolute Gasteiger partial charge is 0.317 e. The van der Waals surface area contributed by atoms with Crippen LogP contribution in [0.15, 0.2) is 33.0 Å². The van der Waals surface area contributed by atoms with Crippen LogP contribution in [0.25, 0.3) is 0 Å². The number of nitrogens with one attached hydrogen (secondary N) is 1. The molecule has 0 bridgehead atoms. The molecule has 18 heavy (non-hydrogen) atoms. The quantitative estimate of drug-likeness (QED) is 0.619. The van der Waals surface area contributed by atoms with Crippen LogP contribution in [-0.4, -0.2) is 33.6 Å². The number of hydrogen-bond acceptors (Lipinski definition) is 6. The number of amides is 1. The maximum Gasteiger partial charge on any atom is 0.317 e. The summed E-state index contributed by atoms with van der Waals surface area (Å²) in [5.74, 6) is -0.910. The minimum atomic E-state index is -1.04. The van der Waals surface area contributed by atoms with Gasteiger partial charge in [-0.25, -0.2) is 0 Å². The summed E-state index contributed by atoms with van der Waals surface area (Å²) in [4.78, 5) is 22.0. The maximum atomic E-state index is 11.2. The van der Waals surface area contributed by atoms with Gasteiger partial charge in [0.25, 0.3) is 0 Å². The van der Waals surface area contributed by atoms with Crippen molar-refractivity contribution in [3.05, 3.63) is 24.2 Å². The number of hydrogen-bond donors (Lipinski definition) is 2. The van der Waals surface area contributed by atoms with E-state index in [9.17, 15) is 9.59 Å². The van der Waals surface area contributed by atoms with Gasteiger partial charge in [-0.15, -0.1) is 5.10 Å². The van der Waals surface area contributed by atoms with Crippen LogP contribution in [0.1, 0.15) is 12.2 Å². The van der Waals surface area contributed by atoms with Crippen LogP contribution >= 0.6 is 11.8 Å². The maximum absolute atomic E-state index is 11.2. The van der Waals surface area contributed by atoms with E-state index in [2.05, 4.69) is 15.5 Å². The minimum Gasteiger partial charge on any atom is -0.480 e. The van der Waals surface area contributed by atoms with E-state index in [0.29, 0.717) is 5.76 Å². The molecule has 7 nitrogen and oxygen atoms in total. The number of thioether (sulfide) groups is 1. The number of nitrogens with zero attached hydrogens (tertiary/aromatic N) is 2. The van der Waals surface area contributed by atoms with E-state index >= 15 is 0 Å². The Morgan fingerprint density at radius 3 is 3.17 bits per heavy atom. The average molecular weight is 267 g/mol. The third-order valence-corrected chi connectivity index (χ3v) is 3.08. The number of aliphatic carboxylic acids is 1. The summed E-state index contributed by atoms with van der Waals surface area (Å²) in [6.45, 7) is 0. The van der Waals surface area contributed by atoms with E-state index in [0.717, 1.165) is 11.8 Å². The molecule has 1 aliphatic rings. The Kier molecular flexibility index (Phi) is 3.78. The minimum absolute atomic E-state index is 0.0685. The second kappa shape index (κ2) is 5.50. The monoisotopic (exact) mass is 267 g/mol. The number of rotatable bonds is 3. The molecule has 2 N–H and O–H groups in total. The molecule has 8 heteroatoms. The molecule has 0 spiro atoms. The van der Waals surface area contributed by atoms with E-state index < -0.39 is 11.2 Å². The molecule has 2 rings (SSSR count). The Hall–Kier alpha value is -2.09. The third kappa shape index (κ3) is 3.20. The van der Waals surface area contributed by atoms with E-state index in [4.69, 9.17) is 9.52 Å². The third-order valence-electron chi connectivity index (χ3n) is 2.02. The van der Waals surface area contributed by atoms with Gasteiger partial charge in [-0.1, -0.05) is 11.8 Å². The fourth-order valence-electron chi connectivity index (χ4n) is 1.23. The molecule has 1 saturated heterocycles. The topological polar surface area (TPSA) is 104 Å². The number of carbonyl (C=O) groups is 2. The van der Waals surface area contributed by atoms with Gasteiger partial charge < -0.3 is 14.8 Å². The summed E-state index contributed by atoms with van der Waals surface area (Å²) in [7, 11) is 0. The van der Waals surface area contributed by atoms with E-state index in [1.54, 1.807) is 12.1 Å². The molecule has 0 aromatic carbocycles. The van der Waals surface area contributed by atoms with Crippen LogP contribution < -0.4 is 5.32 Å². The molecule has 0 aliphatic carbocycles. The van der Waals surface area contributed by atoms with Gasteiger partial charge in [-0.3, -0.25) is 9.59 Å². The molecule has 1 atom stereocenters. The summed E-state index contributed by atoms with van der Waals surface area (Å²) in [5, 5.41) is 18.1. The van der Waals surface area contributed by atoms with Gasteiger partial charge in [0.05, 0.1) is 12.5 Å². The average Bonchev–Trinajstić information content (AvgIpc) is 2.81. The summed E-state index contributed by atoms with van der Waals surface area (Å²) in [6.07, 6.45) is 2.79. The number of carboxylic acids is 1. The van der Waals surface area contributed by atoms with Gasteiger partial charge in [0.15, 0.2) is 5.17 Å². The second-order valence-electron chi connectivity index (χ2n) is 3.36. The molecule has 94 valence electrons. The Morgan fingerprint density at radius 1 is 1.67 bits per heavy atom. The molecule has 1 aromatic rings.